The molecule has 0 aliphatic rings. The SMILES string of the molecule is CCn1cnc2c1c(=O)n(CC(=O)Nc1ccccc1Cl)c(=O)n2Cc1ccccc1. The van der Waals surface area contributed by atoms with E-state index < -0.39 is 23.7 Å². The number of amides is 1. The van der Waals surface area contributed by atoms with Crippen LogP contribution in [0.15, 0.2) is 70.5 Å². The first kappa shape index (κ1) is 20.6. The maximum Gasteiger partial charge on any atom is 0.333 e. The van der Waals surface area contributed by atoms with Crippen LogP contribution in [-0.4, -0.2) is 24.6 Å². The zero-order chi connectivity index (χ0) is 22.0. The summed E-state index contributed by atoms with van der Waals surface area (Å²) in [7, 11) is 0. The predicted molar refractivity (Wildman–Crippen MR) is 120 cm³/mol. The molecule has 9 heteroatoms. The molecule has 0 fully saturated rings. The Morgan fingerprint density at radius 3 is 2.45 bits per heavy atom. The molecule has 0 saturated carbocycles. The number of fused-ring (bicyclic) bond motifs is 1. The van der Waals surface area contributed by atoms with Crippen molar-refractivity contribution in [2.24, 2.45) is 0 Å². The Balaban J connectivity index is 1.79. The minimum absolute atomic E-state index is 0.226. The third-order valence-corrected chi connectivity index (χ3v) is 5.29. The summed E-state index contributed by atoms with van der Waals surface area (Å²) in [5.41, 5.74) is 0.705. The van der Waals surface area contributed by atoms with Crippen LogP contribution < -0.4 is 16.6 Å². The molecule has 0 aliphatic heterocycles. The van der Waals surface area contributed by atoms with E-state index in [-0.39, 0.29) is 12.1 Å². The molecule has 1 N–H and O–H groups in total. The monoisotopic (exact) mass is 437 g/mol. The third kappa shape index (κ3) is 4.02. The Labute approximate surface area is 182 Å². The minimum Gasteiger partial charge on any atom is -0.325 e. The van der Waals surface area contributed by atoms with E-state index in [4.69, 9.17) is 11.6 Å². The summed E-state index contributed by atoms with van der Waals surface area (Å²) in [5, 5.41) is 3.02. The normalized spacial score (nSPS) is 11.0. The Morgan fingerprint density at radius 1 is 1.03 bits per heavy atom. The topological polar surface area (TPSA) is 90.9 Å². The van der Waals surface area contributed by atoms with Gasteiger partial charge in [-0.25, -0.2) is 14.3 Å². The van der Waals surface area contributed by atoms with Crippen LogP contribution in [0.4, 0.5) is 5.69 Å². The number of anilines is 1. The van der Waals surface area contributed by atoms with Crippen molar-refractivity contribution in [2.45, 2.75) is 26.6 Å². The smallest absolute Gasteiger partial charge is 0.325 e. The number of benzene rings is 2. The molecule has 0 atom stereocenters. The van der Waals surface area contributed by atoms with Crippen molar-refractivity contribution in [3.63, 3.8) is 0 Å². The summed E-state index contributed by atoms with van der Waals surface area (Å²) in [5.74, 6) is -0.527. The molecule has 1 amide bonds. The number of carbonyl (C=O) groups excluding carboxylic acids is 1. The van der Waals surface area contributed by atoms with E-state index in [1.54, 1.807) is 28.8 Å². The molecule has 2 aromatic heterocycles. The Hall–Kier alpha value is -3.65. The van der Waals surface area contributed by atoms with E-state index in [9.17, 15) is 14.4 Å². The fourth-order valence-corrected chi connectivity index (χ4v) is 3.61. The molecule has 0 radical (unpaired) electrons. The second kappa shape index (κ2) is 8.61. The van der Waals surface area contributed by atoms with E-state index in [0.717, 1.165) is 10.1 Å². The first-order valence-electron chi connectivity index (χ1n) is 9.76. The van der Waals surface area contributed by atoms with E-state index >= 15 is 0 Å². The van der Waals surface area contributed by atoms with Gasteiger partial charge in [0.15, 0.2) is 11.2 Å². The van der Waals surface area contributed by atoms with Crippen molar-refractivity contribution in [2.75, 3.05) is 5.32 Å². The maximum absolute atomic E-state index is 13.2. The van der Waals surface area contributed by atoms with E-state index in [1.165, 1.54) is 10.9 Å². The summed E-state index contributed by atoms with van der Waals surface area (Å²) in [6.45, 7) is 2.16. The Bertz CT molecular complexity index is 1370. The van der Waals surface area contributed by atoms with Crippen molar-refractivity contribution in [3.05, 3.63) is 92.3 Å². The molecule has 0 unspecified atom stereocenters. The zero-order valence-electron chi connectivity index (χ0n) is 16.8. The number of para-hydroxylation sites is 1. The quantitative estimate of drug-likeness (QED) is 0.502. The van der Waals surface area contributed by atoms with Crippen LogP contribution in [0.3, 0.4) is 0 Å². The van der Waals surface area contributed by atoms with Gasteiger partial charge in [-0.1, -0.05) is 54.1 Å². The average molecular weight is 438 g/mol. The van der Waals surface area contributed by atoms with Crippen LogP contribution in [-0.2, 0) is 24.4 Å². The highest BCUT2D eigenvalue weighted by Gasteiger charge is 2.20. The number of nitrogens with one attached hydrogen (secondary N) is 1. The Morgan fingerprint density at radius 2 is 1.74 bits per heavy atom. The van der Waals surface area contributed by atoms with Gasteiger partial charge < -0.3 is 9.88 Å². The van der Waals surface area contributed by atoms with E-state index in [1.807, 2.05) is 37.3 Å². The van der Waals surface area contributed by atoms with Gasteiger partial charge in [0, 0.05) is 6.54 Å². The number of aromatic nitrogens is 4. The number of carbonyl (C=O) groups is 1. The summed E-state index contributed by atoms with van der Waals surface area (Å²) in [6.07, 6.45) is 1.53. The minimum atomic E-state index is -0.600. The van der Waals surface area contributed by atoms with Gasteiger partial charge in [0.1, 0.15) is 6.54 Å². The van der Waals surface area contributed by atoms with Crippen molar-refractivity contribution < 1.29 is 4.79 Å². The molecule has 2 aromatic carbocycles. The van der Waals surface area contributed by atoms with Crippen LogP contribution >= 0.6 is 11.6 Å². The van der Waals surface area contributed by atoms with Crippen molar-refractivity contribution >= 4 is 34.4 Å². The second-order valence-corrected chi connectivity index (χ2v) is 7.38. The lowest BCUT2D eigenvalue weighted by molar-refractivity contribution is -0.116. The fourth-order valence-electron chi connectivity index (χ4n) is 3.42. The van der Waals surface area contributed by atoms with Crippen LogP contribution in [0.25, 0.3) is 11.2 Å². The lowest BCUT2D eigenvalue weighted by Crippen LogP contribution is -2.43. The molecule has 0 saturated heterocycles. The zero-order valence-corrected chi connectivity index (χ0v) is 17.5. The maximum atomic E-state index is 13.2. The van der Waals surface area contributed by atoms with Crippen molar-refractivity contribution in [1.29, 1.82) is 0 Å². The van der Waals surface area contributed by atoms with Crippen LogP contribution in [0, 0.1) is 0 Å². The molecule has 158 valence electrons. The van der Waals surface area contributed by atoms with Gasteiger partial charge in [0.2, 0.25) is 5.91 Å². The van der Waals surface area contributed by atoms with Gasteiger partial charge in [-0.2, -0.15) is 0 Å². The molecule has 4 rings (SSSR count). The fraction of sp³-hybridized carbons (Fsp3) is 0.182. The number of aryl methyl sites for hydroxylation is 1. The van der Waals surface area contributed by atoms with Crippen LogP contribution in [0.2, 0.25) is 5.02 Å². The average Bonchev–Trinajstić information content (AvgIpc) is 3.21. The second-order valence-electron chi connectivity index (χ2n) is 6.98. The molecule has 0 aliphatic carbocycles. The summed E-state index contributed by atoms with van der Waals surface area (Å²) < 4.78 is 4.02. The number of hydrogen-bond acceptors (Lipinski definition) is 4. The lowest BCUT2D eigenvalue weighted by atomic mass is 10.2. The number of halogens is 1. The van der Waals surface area contributed by atoms with Crippen LogP contribution in [0.5, 0.6) is 0 Å². The molecule has 4 aromatic rings. The van der Waals surface area contributed by atoms with Gasteiger partial charge in [-0.15, -0.1) is 0 Å². The van der Waals surface area contributed by atoms with Gasteiger partial charge in [-0.05, 0) is 24.6 Å². The number of imidazole rings is 1. The van der Waals surface area contributed by atoms with E-state index in [2.05, 4.69) is 10.3 Å². The largest absolute Gasteiger partial charge is 0.333 e. The molecule has 0 spiro atoms. The predicted octanol–water partition coefficient (Wildman–Crippen LogP) is 2.72. The van der Waals surface area contributed by atoms with Gasteiger partial charge in [0.05, 0.1) is 23.6 Å². The summed E-state index contributed by atoms with van der Waals surface area (Å²) in [4.78, 5) is 43.3. The van der Waals surface area contributed by atoms with Crippen molar-refractivity contribution in [1.82, 2.24) is 18.7 Å². The van der Waals surface area contributed by atoms with Gasteiger partial charge in [-0.3, -0.25) is 14.2 Å². The first-order chi connectivity index (χ1) is 15.0. The molecule has 8 nitrogen and oxygen atoms in total. The lowest BCUT2D eigenvalue weighted by Gasteiger charge is -2.13. The standard InChI is InChI=1S/C22H20ClN5O3/c1-2-26-14-24-20-19(26)21(30)28(13-18(29)25-17-11-7-6-10-16(17)23)22(31)27(20)12-15-8-4-3-5-9-15/h3-11,14H,2,12-13H2,1H3,(H,25,29). The Kier molecular flexibility index (Phi) is 5.73. The van der Waals surface area contributed by atoms with Gasteiger partial charge in [0.25, 0.3) is 5.56 Å². The number of nitrogens with zero attached hydrogens (tertiary/aromatic N) is 4. The first-order valence-corrected chi connectivity index (χ1v) is 10.1. The molecular formula is C22H20ClN5O3. The number of hydrogen-bond donors (Lipinski definition) is 1. The van der Waals surface area contributed by atoms with Crippen LogP contribution in [0.1, 0.15) is 12.5 Å². The highest BCUT2D eigenvalue weighted by molar-refractivity contribution is 6.33. The molecule has 31 heavy (non-hydrogen) atoms. The third-order valence-electron chi connectivity index (χ3n) is 4.96. The highest BCUT2D eigenvalue weighted by atomic mass is 35.5. The van der Waals surface area contributed by atoms with Gasteiger partial charge >= 0.3 is 5.69 Å². The molecular weight excluding hydrogens is 418 g/mol. The highest BCUT2D eigenvalue weighted by Crippen LogP contribution is 2.20. The summed E-state index contributed by atoms with van der Waals surface area (Å²) in [6, 6.07) is 16.1. The molecule has 0 bridgehead atoms. The number of rotatable bonds is 6. The summed E-state index contributed by atoms with van der Waals surface area (Å²) >= 11 is 6.09. The van der Waals surface area contributed by atoms with E-state index in [0.29, 0.717) is 22.9 Å². The van der Waals surface area contributed by atoms with Crippen molar-refractivity contribution in [3.8, 4) is 0 Å². The molecule has 2 heterocycles.